The molecule has 128 valence electrons. The number of carbonyl (C=O) groups is 1. The zero-order valence-electron chi connectivity index (χ0n) is 14.4. The van der Waals surface area contributed by atoms with Crippen LogP contribution in [0.5, 0.6) is 0 Å². The van der Waals surface area contributed by atoms with Crippen LogP contribution >= 0.6 is 0 Å². The number of nitrogens with one attached hydrogen (secondary N) is 1. The highest BCUT2D eigenvalue weighted by molar-refractivity contribution is 5.87. The molecule has 2 heterocycles. The molecule has 3 rings (SSSR count). The summed E-state index contributed by atoms with van der Waals surface area (Å²) in [5.74, 6) is 0.834. The van der Waals surface area contributed by atoms with E-state index in [9.17, 15) is 4.79 Å². The van der Waals surface area contributed by atoms with Gasteiger partial charge in [-0.15, -0.1) is 0 Å². The number of nitrogens with zero attached hydrogens (tertiary/aromatic N) is 2. The quantitative estimate of drug-likeness (QED) is 0.851. The highest BCUT2D eigenvalue weighted by atomic mass is 16.6. The molecule has 1 aliphatic heterocycles. The summed E-state index contributed by atoms with van der Waals surface area (Å²) in [5, 5.41) is 3.00. The van der Waals surface area contributed by atoms with Gasteiger partial charge < -0.3 is 9.30 Å². The molecule has 2 aromatic rings. The molecule has 1 aromatic heterocycles. The average Bonchev–Trinajstić information content (AvgIpc) is 3.16. The van der Waals surface area contributed by atoms with E-state index in [0.29, 0.717) is 0 Å². The standard InChI is InChI=1S/C19H25N3O2/c1-3-6-14-8-5-9-15(7-4-2)17(14)21-19(23)24-16-10-12-22-13-11-20-18(16)22/h5,8-9,11,13,16H,3-4,6-7,10,12H2,1-2H3,(H,21,23)/t16-/m0/s1. The summed E-state index contributed by atoms with van der Waals surface area (Å²) in [6, 6.07) is 6.24. The highest BCUT2D eigenvalue weighted by Crippen LogP contribution is 2.29. The number of ether oxygens (including phenoxy) is 1. The molecular weight excluding hydrogens is 302 g/mol. The minimum absolute atomic E-state index is 0.257. The first-order valence-electron chi connectivity index (χ1n) is 8.82. The monoisotopic (exact) mass is 327 g/mol. The van der Waals surface area contributed by atoms with Crippen LogP contribution in [0.15, 0.2) is 30.6 Å². The van der Waals surface area contributed by atoms with Gasteiger partial charge in [-0.1, -0.05) is 44.9 Å². The van der Waals surface area contributed by atoms with Gasteiger partial charge in [0.2, 0.25) is 0 Å². The lowest BCUT2D eigenvalue weighted by Crippen LogP contribution is -2.19. The average molecular weight is 327 g/mol. The van der Waals surface area contributed by atoms with Crippen LogP contribution in [0.4, 0.5) is 10.5 Å². The van der Waals surface area contributed by atoms with Crippen LogP contribution in [0.3, 0.4) is 0 Å². The van der Waals surface area contributed by atoms with E-state index in [-0.39, 0.29) is 6.10 Å². The molecule has 1 atom stereocenters. The SMILES string of the molecule is CCCc1cccc(CCC)c1NC(=O)O[C@H]1CCn2ccnc21. The highest BCUT2D eigenvalue weighted by Gasteiger charge is 2.27. The lowest BCUT2D eigenvalue weighted by Gasteiger charge is -2.17. The molecule has 0 spiro atoms. The number of hydrogen-bond acceptors (Lipinski definition) is 3. The van der Waals surface area contributed by atoms with Crippen molar-refractivity contribution in [2.45, 2.75) is 58.6 Å². The lowest BCUT2D eigenvalue weighted by molar-refractivity contribution is 0.109. The Kier molecular flexibility index (Phi) is 5.18. The predicted octanol–water partition coefficient (Wildman–Crippen LogP) is 4.48. The Balaban J connectivity index is 1.74. The van der Waals surface area contributed by atoms with Gasteiger partial charge in [0.05, 0.1) is 5.69 Å². The number of hydrogen-bond donors (Lipinski definition) is 1. The number of anilines is 1. The molecule has 5 heteroatoms. The maximum atomic E-state index is 12.4. The van der Waals surface area contributed by atoms with Crippen molar-refractivity contribution in [2.75, 3.05) is 5.32 Å². The molecule has 1 N–H and O–H groups in total. The van der Waals surface area contributed by atoms with Gasteiger partial charge >= 0.3 is 6.09 Å². The Morgan fingerprint density at radius 3 is 2.67 bits per heavy atom. The van der Waals surface area contributed by atoms with Crippen LogP contribution in [0.1, 0.15) is 56.2 Å². The summed E-state index contributed by atoms with van der Waals surface area (Å²) in [4.78, 5) is 16.7. The Morgan fingerprint density at radius 2 is 2.00 bits per heavy atom. The maximum Gasteiger partial charge on any atom is 0.412 e. The van der Waals surface area contributed by atoms with Crippen LogP contribution in [0.2, 0.25) is 0 Å². The van der Waals surface area contributed by atoms with E-state index in [2.05, 4.69) is 42.3 Å². The summed E-state index contributed by atoms with van der Waals surface area (Å²) < 4.78 is 7.67. The van der Waals surface area contributed by atoms with Gasteiger partial charge in [0.15, 0.2) is 6.10 Å². The Bertz CT molecular complexity index is 684. The molecule has 1 aliphatic rings. The molecule has 0 saturated carbocycles. The number of amides is 1. The fourth-order valence-electron chi connectivity index (χ4n) is 3.32. The summed E-state index contributed by atoms with van der Waals surface area (Å²) in [6.45, 7) is 5.14. The lowest BCUT2D eigenvalue weighted by atomic mass is 10.0. The van der Waals surface area contributed by atoms with E-state index >= 15 is 0 Å². The number of imidazole rings is 1. The first-order chi connectivity index (χ1) is 11.7. The zero-order valence-corrected chi connectivity index (χ0v) is 14.4. The van der Waals surface area contributed by atoms with E-state index in [0.717, 1.165) is 50.2 Å². The number of rotatable bonds is 6. The fraction of sp³-hybridized carbons (Fsp3) is 0.474. The van der Waals surface area contributed by atoms with E-state index < -0.39 is 6.09 Å². The number of aryl methyl sites for hydroxylation is 3. The normalized spacial score (nSPS) is 16.0. The number of para-hydroxylation sites is 1. The summed E-state index contributed by atoms with van der Waals surface area (Å²) >= 11 is 0. The van der Waals surface area contributed by atoms with Gasteiger partial charge in [-0.2, -0.15) is 0 Å². The molecule has 5 nitrogen and oxygen atoms in total. The second-order valence-electron chi connectivity index (χ2n) is 6.24. The van der Waals surface area contributed by atoms with Crippen molar-refractivity contribution in [1.82, 2.24) is 9.55 Å². The van der Waals surface area contributed by atoms with E-state index in [1.807, 2.05) is 10.8 Å². The van der Waals surface area contributed by atoms with Crippen LogP contribution in [0, 0.1) is 0 Å². The topological polar surface area (TPSA) is 56.1 Å². The largest absolute Gasteiger partial charge is 0.438 e. The minimum atomic E-state index is -0.391. The van der Waals surface area contributed by atoms with Crippen LogP contribution < -0.4 is 5.32 Å². The summed E-state index contributed by atoms with van der Waals surface area (Å²) in [5.41, 5.74) is 3.27. The van der Waals surface area contributed by atoms with Crippen LogP contribution in [-0.2, 0) is 24.1 Å². The molecule has 0 saturated heterocycles. The van der Waals surface area contributed by atoms with Gasteiger partial charge in [0.25, 0.3) is 0 Å². The van der Waals surface area contributed by atoms with Crippen molar-refractivity contribution in [2.24, 2.45) is 0 Å². The Hall–Kier alpha value is -2.30. The molecule has 0 fully saturated rings. The third-order valence-corrected chi connectivity index (χ3v) is 4.42. The van der Waals surface area contributed by atoms with Gasteiger partial charge in [-0.05, 0) is 24.0 Å². The van der Waals surface area contributed by atoms with E-state index in [1.165, 1.54) is 11.1 Å². The molecule has 24 heavy (non-hydrogen) atoms. The minimum Gasteiger partial charge on any atom is -0.438 e. The van der Waals surface area contributed by atoms with Crippen LogP contribution in [0.25, 0.3) is 0 Å². The van der Waals surface area contributed by atoms with E-state index in [4.69, 9.17) is 4.74 Å². The predicted molar refractivity (Wildman–Crippen MR) is 94.1 cm³/mol. The first-order valence-corrected chi connectivity index (χ1v) is 8.82. The number of benzene rings is 1. The van der Waals surface area contributed by atoms with Crippen molar-refractivity contribution in [3.8, 4) is 0 Å². The first kappa shape index (κ1) is 16.6. The maximum absolute atomic E-state index is 12.4. The molecule has 0 aliphatic carbocycles. The third kappa shape index (κ3) is 3.45. The van der Waals surface area contributed by atoms with Crippen molar-refractivity contribution in [3.63, 3.8) is 0 Å². The van der Waals surface area contributed by atoms with Gasteiger partial charge in [0.1, 0.15) is 5.82 Å². The second-order valence-corrected chi connectivity index (χ2v) is 6.24. The molecule has 0 radical (unpaired) electrons. The molecule has 0 bridgehead atoms. The Morgan fingerprint density at radius 1 is 1.29 bits per heavy atom. The fourth-order valence-corrected chi connectivity index (χ4v) is 3.32. The zero-order chi connectivity index (χ0) is 16.9. The van der Waals surface area contributed by atoms with E-state index in [1.54, 1.807) is 6.20 Å². The van der Waals surface area contributed by atoms with Gasteiger partial charge in [-0.3, -0.25) is 5.32 Å². The molecule has 0 unspecified atom stereocenters. The van der Waals surface area contributed by atoms with Crippen molar-refractivity contribution < 1.29 is 9.53 Å². The Labute approximate surface area is 143 Å². The molecule has 1 aromatic carbocycles. The van der Waals surface area contributed by atoms with Gasteiger partial charge in [-0.25, -0.2) is 9.78 Å². The van der Waals surface area contributed by atoms with Crippen molar-refractivity contribution in [3.05, 3.63) is 47.5 Å². The van der Waals surface area contributed by atoms with Gasteiger partial charge in [0, 0.05) is 25.4 Å². The molecular formula is C19H25N3O2. The summed E-state index contributed by atoms with van der Waals surface area (Å²) in [7, 11) is 0. The summed E-state index contributed by atoms with van der Waals surface area (Å²) in [6.07, 6.45) is 7.78. The second kappa shape index (κ2) is 7.51. The van der Waals surface area contributed by atoms with Crippen molar-refractivity contribution in [1.29, 1.82) is 0 Å². The van der Waals surface area contributed by atoms with Crippen LogP contribution in [-0.4, -0.2) is 15.6 Å². The number of aromatic nitrogens is 2. The third-order valence-electron chi connectivity index (χ3n) is 4.42. The smallest absolute Gasteiger partial charge is 0.412 e. The number of carbonyl (C=O) groups excluding carboxylic acids is 1. The molecule has 1 amide bonds. The van der Waals surface area contributed by atoms with Crippen molar-refractivity contribution >= 4 is 11.8 Å². The number of fused-ring (bicyclic) bond motifs is 1.